The number of carbonyl (C=O) groups is 2. The van der Waals surface area contributed by atoms with Crippen molar-refractivity contribution in [2.24, 2.45) is 0 Å². The summed E-state index contributed by atoms with van der Waals surface area (Å²) in [6.07, 6.45) is -0.0811. The quantitative estimate of drug-likeness (QED) is 0.755. The molecule has 130 valence electrons. The van der Waals surface area contributed by atoms with Gasteiger partial charge >= 0.3 is 5.97 Å². The zero-order valence-electron chi connectivity index (χ0n) is 13.7. The molecule has 0 aliphatic carbocycles. The van der Waals surface area contributed by atoms with Crippen molar-refractivity contribution < 1.29 is 14.3 Å². The van der Waals surface area contributed by atoms with Gasteiger partial charge in [0.05, 0.1) is 5.56 Å². The molecule has 1 aliphatic rings. The lowest BCUT2D eigenvalue weighted by Crippen LogP contribution is -2.42. The van der Waals surface area contributed by atoms with Gasteiger partial charge in [0, 0.05) is 23.1 Å². The van der Waals surface area contributed by atoms with E-state index in [1.807, 2.05) is 18.2 Å². The molecule has 0 aromatic heterocycles. The SMILES string of the molecule is C[C@@H](OC(=O)c1cc(Cl)cc(Cl)c1)C(=O)N1CCc2ccccc2C1. The first-order chi connectivity index (χ1) is 11.9. The molecule has 1 atom stereocenters. The predicted octanol–water partition coefficient (Wildman–Crippen LogP) is 4.12. The molecule has 0 bridgehead atoms. The Kier molecular flexibility index (Phi) is 5.30. The minimum absolute atomic E-state index is 0.212. The second-order valence-corrected chi connectivity index (χ2v) is 6.86. The van der Waals surface area contributed by atoms with Gasteiger partial charge in [-0.3, -0.25) is 4.79 Å². The summed E-state index contributed by atoms with van der Waals surface area (Å²) < 4.78 is 5.30. The van der Waals surface area contributed by atoms with Crippen LogP contribution < -0.4 is 0 Å². The summed E-state index contributed by atoms with van der Waals surface area (Å²) >= 11 is 11.8. The molecule has 1 heterocycles. The van der Waals surface area contributed by atoms with Crippen molar-refractivity contribution in [3.63, 3.8) is 0 Å². The van der Waals surface area contributed by atoms with E-state index in [-0.39, 0.29) is 11.5 Å². The molecule has 0 radical (unpaired) electrons. The smallest absolute Gasteiger partial charge is 0.339 e. The molecule has 3 rings (SSSR count). The predicted molar refractivity (Wildman–Crippen MR) is 96.9 cm³/mol. The Labute approximate surface area is 156 Å². The Bertz CT molecular complexity index is 802. The van der Waals surface area contributed by atoms with Crippen LogP contribution in [-0.4, -0.2) is 29.4 Å². The zero-order chi connectivity index (χ0) is 18.0. The summed E-state index contributed by atoms with van der Waals surface area (Å²) in [6, 6.07) is 12.5. The van der Waals surface area contributed by atoms with Crippen LogP contribution in [0.15, 0.2) is 42.5 Å². The fourth-order valence-corrected chi connectivity index (χ4v) is 3.42. The normalized spacial score (nSPS) is 14.6. The van der Waals surface area contributed by atoms with Gasteiger partial charge in [0.25, 0.3) is 5.91 Å². The molecule has 0 spiro atoms. The van der Waals surface area contributed by atoms with E-state index in [0.717, 1.165) is 12.0 Å². The van der Waals surface area contributed by atoms with E-state index >= 15 is 0 Å². The Balaban J connectivity index is 1.66. The van der Waals surface area contributed by atoms with E-state index in [4.69, 9.17) is 27.9 Å². The lowest BCUT2D eigenvalue weighted by atomic mass is 9.99. The van der Waals surface area contributed by atoms with E-state index in [1.54, 1.807) is 11.8 Å². The number of nitrogens with zero attached hydrogens (tertiary/aromatic N) is 1. The van der Waals surface area contributed by atoms with Crippen LogP contribution in [-0.2, 0) is 22.5 Å². The number of halogens is 2. The van der Waals surface area contributed by atoms with Gasteiger partial charge in [-0.25, -0.2) is 4.79 Å². The van der Waals surface area contributed by atoms with Gasteiger partial charge in [0.2, 0.25) is 0 Å². The zero-order valence-corrected chi connectivity index (χ0v) is 15.2. The second-order valence-electron chi connectivity index (χ2n) is 5.98. The van der Waals surface area contributed by atoms with Gasteiger partial charge in [-0.15, -0.1) is 0 Å². The van der Waals surface area contributed by atoms with Crippen LogP contribution in [0.25, 0.3) is 0 Å². The number of ether oxygens (including phenoxy) is 1. The highest BCUT2D eigenvalue weighted by Gasteiger charge is 2.27. The van der Waals surface area contributed by atoms with Crippen LogP contribution in [0.1, 0.15) is 28.4 Å². The second kappa shape index (κ2) is 7.46. The van der Waals surface area contributed by atoms with E-state index in [0.29, 0.717) is 23.1 Å². The Morgan fingerprint density at radius 1 is 1.08 bits per heavy atom. The molecule has 0 saturated heterocycles. The van der Waals surface area contributed by atoms with Crippen LogP contribution >= 0.6 is 23.2 Å². The number of rotatable bonds is 3. The third-order valence-electron chi connectivity index (χ3n) is 4.17. The molecule has 2 aromatic rings. The van der Waals surface area contributed by atoms with Crippen LogP contribution in [0, 0.1) is 0 Å². The minimum Gasteiger partial charge on any atom is -0.449 e. The molecule has 0 unspecified atom stereocenters. The van der Waals surface area contributed by atoms with Gasteiger partial charge in [-0.05, 0) is 42.7 Å². The van der Waals surface area contributed by atoms with Crippen molar-refractivity contribution >= 4 is 35.1 Å². The standard InChI is InChI=1S/C19H17Cl2NO3/c1-12(25-19(24)15-8-16(20)10-17(21)9-15)18(23)22-7-6-13-4-2-3-5-14(13)11-22/h2-5,8-10,12H,6-7,11H2,1H3/t12-/m1/s1. The topological polar surface area (TPSA) is 46.6 Å². The molecule has 2 aromatic carbocycles. The van der Waals surface area contributed by atoms with E-state index in [9.17, 15) is 9.59 Å². The Morgan fingerprint density at radius 2 is 1.72 bits per heavy atom. The molecule has 0 saturated carbocycles. The molecule has 6 heteroatoms. The number of esters is 1. The third-order valence-corrected chi connectivity index (χ3v) is 4.61. The molecule has 1 amide bonds. The summed E-state index contributed by atoms with van der Waals surface area (Å²) in [4.78, 5) is 26.6. The first-order valence-electron chi connectivity index (χ1n) is 7.96. The van der Waals surface area contributed by atoms with Gasteiger partial charge in [-0.1, -0.05) is 47.5 Å². The number of hydrogen-bond donors (Lipinski definition) is 0. The summed E-state index contributed by atoms with van der Waals surface area (Å²) in [6.45, 7) is 2.72. The number of fused-ring (bicyclic) bond motifs is 1. The van der Waals surface area contributed by atoms with Crippen molar-refractivity contribution in [3.8, 4) is 0 Å². The van der Waals surface area contributed by atoms with E-state index in [1.165, 1.54) is 23.8 Å². The summed E-state index contributed by atoms with van der Waals surface area (Å²) in [5.74, 6) is -0.835. The van der Waals surface area contributed by atoms with Crippen molar-refractivity contribution in [1.82, 2.24) is 4.90 Å². The van der Waals surface area contributed by atoms with E-state index < -0.39 is 12.1 Å². The van der Waals surface area contributed by atoms with Crippen LogP contribution in [0.3, 0.4) is 0 Å². The van der Waals surface area contributed by atoms with Gasteiger partial charge in [0.15, 0.2) is 6.10 Å². The van der Waals surface area contributed by atoms with Crippen LogP contribution in [0.2, 0.25) is 10.0 Å². The summed E-state index contributed by atoms with van der Waals surface area (Å²) in [5.41, 5.74) is 2.60. The highest BCUT2D eigenvalue weighted by Crippen LogP contribution is 2.22. The highest BCUT2D eigenvalue weighted by molar-refractivity contribution is 6.35. The highest BCUT2D eigenvalue weighted by atomic mass is 35.5. The fourth-order valence-electron chi connectivity index (χ4n) is 2.89. The lowest BCUT2D eigenvalue weighted by Gasteiger charge is -2.30. The number of hydrogen-bond acceptors (Lipinski definition) is 3. The molecule has 1 aliphatic heterocycles. The van der Waals surface area contributed by atoms with Gasteiger partial charge < -0.3 is 9.64 Å². The molecule has 4 nitrogen and oxygen atoms in total. The van der Waals surface area contributed by atoms with E-state index in [2.05, 4.69) is 6.07 Å². The monoisotopic (exact) mass is 377 g/mol. The van der Waals surface area contributed by atoms with Crippen molar-refractivity contribution in [2.45, 2.75) is 26.0 Å². The summed E-state index contributed by atoms with van der Waals surface area (Å²) in [5, 5.41) is 0.678. The van der Waals surface area contributed by atoms with Crippen molar-refractivity contribution in [2.75, 3.05) is 6.54 Å². The molecule has 25 heavy (non-hydrogen) atoms. The molecule has 0 fully saturated rings. The Morgan fingerprint density at radius 3 is 2.40 bits per heavy atom. The molecular weight excluding hydrogens is 361 g/mol. The van der Waals surface area contributed by atoms with Crippen LogP contribution in [0.4, 0.5) is 0 Å². The van der Waals surface area contributed by atoms with Gasteiger partial charge in [0.1, 0.15) is 0 Å². The maximum Gasteiger partial charge on any atom is 0.339 e. The molecular formula is C19H17Cl2NO3. The third kappa shape index (κ3) is 4.14. The number of benzene rings is 2. The fraction of sp³-hybridized carbons (Fsp3) is 0.263. The number of carbonyl (C=O) groups excluding carboxylic acids is 2. The average Bonchev–Trinajstić information content (AvgIpc) is 2.59. The first-order valence-corrected chi connectivity index (χ1v) is 8.72. The van der Waals surface area contributed by atoms with Crippen molar-refractivity contribution in [3.05, 3.63) is 69.2 Å². The summed E-state index contributed by atoms with van der Waals surface area (Å²) in [7, 11) is 0. The van der Waals surface area contributed by atoms with Crippen LogP contribution in [0.5, 0.6) is 0 Å². The van der Waals surface area contributed by atoms with Crippen molar-refractivity contribution in [1.29, 1.82) is 0 Å². The number of amides is 1. The maximum atomic E-state index is 12.6. The average molecular weight is 378 g/mol. The largest absolute Gasteiger partial charge is 0.449 e. The first kappa shape index (κ1) is 17.8. The minimum atomic E-state index is -0.879. The molecule has 0 N–H and O–H groups in total. The maximum absolute atomic E-state index is 12.6. The Hall–Kier alpha value is -2.04. The lowest BCUT2D eigenvalue weighted by molar-refractivity contribution is -0.140. The van der Waals surface area contributed by atoms with Gasteiger partial charge in [-0.2, -0.15) is 0 Å².